The minimum Gasteiger partial charge on any atom is -0.349 e. The monoisotopic (exact) mass is 335 g/mol. The maximum atomic E-state index is 13.8. The number of hydrogen-bond acceptors (Lipinski definition) is 3. The highest BCUT2D eigenvalue weighted by atomic mass is 35.7. The molecule has 0 radical (unpaired) electrons. The summed E-state index contributed by atoms with van der Waals surface area (Å²) in [7, 11) is 1.12. The third-order valence-electron chi connectivity index (χ3n) is 3.30. The fraction of sp³-hybridized carbons (Fsp3) is 0.500. The summed E-state index contributed by atoms with van der Waals surface area (Å²) in [5.41, 5.74) is -0.199. The van der Waals surface area contributed by atoms with E-state index in [1.807, 2.05) is 6.92 Å². The average molecular weight is 336 g/mol. The van der Waals surface area contributed by atoms with Crippen LogP contribution in [0.25, 0.3) is 0 Å². The van der Waals surface area contributed by atoms with Gasteiger partial charge in [0.2, 0.25) is 0 Å². The van der Waals surface area contributed by atoms with E-state index in [2.05, 4.69) is 19.2 Å². The molecule has 118 valence electrons. The summed E-state index contributed by atoms with van der Waals surface area (Å²) >= 11 is 0. The second-order valence-electron chi connectivity index (χ2n) is 5.20. The summed E-state index contributed by atoms with van der Waals surface area (Å²) in [6.45, 7) is 5.98. The van der Waals surface area contributed by atoms with Crippen molar-refractivity contribution in [1.82, 2.24) is 5.32 Å². The summed E-state index contributed by atoms with van der Waals surface area (Å²) in [4.78, 5) is 11.6. The van der Waals surface area contributed by atoms with Crippen LogP contribution < -0.4 is 5.32 Å². The summed E-state index contributed by atoms with van der Waals surface area (Å²) < 4.78 is 36.0. The van der Waals surface area contributed by atoms with Gasteiger partial charge in [-0.05, 0) is 37.5 Å². The molecule has 7 heteroatoms. The van der Waals surface area contributed by atoms with Gasteiger partial charge in [0, 0.05) is 16.7 Å². The molecule has 1 aromatic carbocycles. The first-order valence-corrected chi connectivity index (χ1v) is 9.01. The van der Waals surface area contributed by atoms with E-state index >= 15 is 0 Å². The van der Waals surface area contributed by atoms with Gasteiger partial charge in [0.05, 0.1) is 10.5 Å². The summed E-state index contributed by atoms with van der Waals surface area (Å²) in [6, 6.07) is 2.88. The fourth-order valence-corrected chi connectivity index (χ4v) is 2.73. The van der Waals surface area contributed by atoms with Crippen molar-refractivity contribution in [2.45, 2.75) is 44.6 Å². The minimum atomic E-state index is -4.01. The van der Waals surface area contributed by atoms with Crippen LogP contribution in [0.4, 0.5) is 4.39 Å². The predicted octanol–water partition coefficient (Wildman–Crippen LogP) is 3.31. The molecular weight excluding hydrogens is 317 g/mol. The van der Waals surface area contributed by atoms with Crippen LogP contribution in [0.5, 0.6) is 0 Å². The van der Waals surface area contributed by atoms with Gasteiger partial charge in [0.15, 0.2) is 0 Å². The molecule has 0 aliphatic rings. The second-order valence-corrected chi connectivity index (χ2v) is 7.77. The molecule has 4 nitrogen and oxygen atoms in total. The van der Waals surface area contributed by atoms with E-state index in [9.17, 15) is 17.6 Å². The van der Waals surface area contributed by atoms with Crippen LogP contribution in [-0.4, -0.2) is 20.4 Å². The van der Waals surface area contributed by atoms with Crippen molar-refractivity contribution in [2.24, 2.45) is 5.92 Å². The number of hydrogen-bond donors (Lipinski definition) is 1. The van der Waals surface area contributed by atoms with Gasteiger partial charge in [-0.1, -0.05) is 20.3 Å². The average Bonchev–Trinajstić information content (AvgIpc) is 2.36. The van der Waals surface area contributed by atoms with E-state index < -0.39 is 20.8 Å². The zero-order valence-electron chi connectivity index (χ0n) is 12.2. The van der Waals surface area contributed by atoms with Crippen LogP contribution in [0.1, 0.15) is 44.0 Å². The van der Waals surface area contributed by atoms with Crippen molar-refractivity contribution >= 4 is 25.6 Å². The Morgan fingerprint density at radius 3 is 2.48 bits per heavy atom. The maximum absolute atomic E-state index is 13.8. The molecule has 0 spiro atoms. The lowest BCUT2D eigenvalue weighted by molar-refractivity contribution is 0.0931. The lowest BCUT2D eigenvalue weighted by Crippen LogP contribution is -2.34. The molecule has 21 heavy (non-hydrogen) atoms. The Morgan fingerprint density at radius 1 is 1.38 bits per heavy atom. The maximum Gasteiger partial charge on any atom is 0.261 e. The summed E-state index contributed by atoms with van der Waals surface area (Å²) in [5, 5.41) is 2.70. The zero-order valence-corrected chi connectivity index (χ0v) is 13.8. The van der Waals surface area contributed by atoms with Crippen LogP contribution in [0.2, 0.25) is 0 Å². The SMILES string of the molecule is CCC(C)CC(C)NC(=O)c1ccc(S(=O)(=O)Cl)cc1F. The van der Waals surface area contributed by atoms with Crippen molar-refractivity contribution in [3.8, 4) is 0 Å². The number of amides is 1. The minimum absolute atomic E-state index is 0.0942. The smallest absolute Gasteiger partial charge is 0.261 e. The quantitative estimate of drug-likeness (QED) is 0.811. The number of carbonyl (C=O) groups excluding carboxylic acids is 1. The Hall–Kier alpha value is -1.14. The van der Waals surface area contributed by atoms with E-state index in [0.29, 0.717) is 5.92 Å². The van der Waals surface area contributed by atoms with E-state index in [0.717, 1.165) is 31.0 Å². The molecule has 1 aromatic rings. The fourth-order valence-electron chi connectivity index (χ4n) is 1.96. The second kappa shape index (κ2) is 7.22. The molecule has 1 amide bonds. The first-order chi connectivity index (χ1) is 9.65. The third-order valence-corrected chi connectivity index (χ3v) is 4.65. The lowest BCUT2D eigenvalue weighted by Gasteiger charge is -2.17. The van der Waals surface area contributed by atoms with Gasteiger partial charge in [-0.25, -0.2) is 12.8 Å². The molecule has 0 aliphatic heterocycles. The normalized spacial score (nSPS) is 14.5. The molecule has 0 saturated carbocycles. The van der Waals surface area contributed by atoms with Gasteiger partial charge in [0.25, 0.3) is 15.0 Å². The number of nitrogens with one attached hydrogen (secondary N) is 1. The summed E-state index contributed by atoms with van der Waals surface area (Å²) in [5.74, 6) is -1.03. The van der Waals surface area contributed by atoms with Gasteiger partial charge in [-0.3, -0.25) is 4.79 Å². The highest BCUT2D eigenvalue weighted by molar-refractivity contribution is 8.13. The molecule has 2 atom stereocenters. The lowest BCUT2D eigenvalue weighted by atomic mass is 10.00. The Balaban J connectivity index is 2.84. The van der Waals surface area contributed by atoms with E-state index in [-0.39, 0.29) is 16.5 Å². The topological polar surface area (TPSA) is 63.2 Å². The van der Waals surface area contributed by atoms with Crippen LogP contribution >= 0.6 is 10.7 Å². The largest absolute Gasteiger partial charge is 0.349 e. The van der Waals surface area contributed by atoms with Gasteiger partial charge >= 0.3 is 0 Å². The molecule has 0 bridgehead atoms. The molecule has 0 aromatic heterocycles. The van der Waals surface area contributed by atoms with Crippen molar-refractivity contribution in [3.05, 3.63) is 29.6 Å². The highest BCUT2D eigenvalue weighted by Gasteiger charge is 2.18. The van der Waals surface area contributed by atoms with Gasteiger partial charge < -0.3 is 5.32 Å². The molecule has 1 rings (SSSR count). The highest BCUT2D eigenvalue weighted by Crippen LogP contribution is 2.19. The summed E-state index contributed by atoms with van der Waals surface area (Å²) in [6.07, 6.45) is 1.79. The van der Waals surface area contributed by atoms with Crippen molar-refractivity contribution < 1.29 is 17.6 Å². The molecule has 0 heterocycles. The number of carbonyl (C=O) groups is 1. The predicted molar refractivity (Wildman–Crippen MR) is 80.4 cm³/mol. The van der Waals surface area contributed by atoms with Crippen LogP contribution in [0.3, 0.4) is 0 Å². The van der Waals surface area contributed by atoms with Crippen LogP contribution in [0, 0.1) is 11.7 Å². The Morgan fingerprint density at radius 2 is 2.00 bits per heavy atom. The first-order valence-electron chi connectivity index (χ1n) is 6.70. The third kappa shape index (κ3) is 5.28. The van der Waals surface area contributed by atoms with Crippen LogP contribution in [-0.2, 0) is 9.05 Å². The van der Waals surface area contributed by atoms with E-state index in [4.69, 9.17) is 10.7 Å². The van der Waals surface area contributed by atoms with Crippen molar-refractivity contribution in [2.75, 3.05) is 0 Å². The Bertz CT molecular complexity index is 619. The standard InChI is InChI=1S/C14H19ClFNO3S/c1-4-9(2)7-10(3)17-14(18)12-6-5-11(8-13(12)16)21(15,19)20/h5-6,8-10H,4,7H2,1-3H3,(H,17,18). The molecule has 0 saturated heterocycles. The first kappa shape index (κ1) is 17.9. The Labute approximate surface area is 129 Å². The molecule has 0 aliphatic carbocycles. The van der Waals surface area contributed by atoms with Gasteiger partial charge in [-0.2, -0.15) is 0 Å². The van der Waals surface area contributed by atoms with Crippen LogP contribution in [0.15, 0.2) is 23.1 Å². The molecule has 0 fully saturated rings. The van der Waals surface area contributed by atoms with Gasteiger partial charge in [-0.15, -0.1) is 0 Å². The molecule has 1 N–H and O–H groups in total. The van der Waals surface area contributed by atoms with Crippen molar-refractivity contribution in [1.29, 1.82) is 0 Å². The van der Waals surface area contributed by atoms with E-state index in [1.54, 1.807) is 0 Å². The Kier molecular flexibility index (Phi) is 6.16. The van der Waals surface area contributed by atoms with E-state index in [1.165, 1.54) is 0 Å². The number of rotatable bonds is 6. The number of benzene rings is 1. The molecular formula is C14H19ClFNO3S. The van der Waals surface area contributed by atoms with Gasteiger partial charge in [0.1, 0.15) is 5.82 Å². The zero-order chi connectivity index (χ0) is 16.2. The molecule has 2 unspecified atom stereocenters. The number of halogens is 2. The van der Waals surface area contributed by atoms with Crippen molar-refractivity contribution in [3.63, 3.8) is 0 Å².